The van der Waals surface area contributed by atoms with Gasteiger partial charge in [-0.25, -0.2) is 4.79 Å². The van der Waals surface area contributed by atoms with E-state index in [2.05, 4.69) is 17.4 Å². The lowest BCUT2D eigenvalue weighted by Crippen LogP contribution is -2.44. The SMILES string of the molecule is O=C1NC2(CCCC2)C(=O)N1CCCC(=O)N(CCc1ccccc1)c1ccccc1. The largest absolute Gasteiger partial charge is 0.325 e. The quantitative estimate of drug-likeness (QED) is 0.660. The number of para-hydroxylation sites is 1. The summed E-state index contributed by atoms with van der Waals surface area (Å²) >= 11 is 0. The minimum atomic E-state index is -0.688. The van der Waals surface area contributed by atoms with Gasteiger partial charge in [-0.3, -0.25) is 14.5 Å². The molecule has 1 heterocycles. The van der Waals surface area contributed by atoms with Crippen LogP contribution in [-0.4, -0.2) is 41.4 Å². The minimum Gasteiger partial charge on any atom is -0.323 e. The zero-order valence-electron chi connectivity index (χ0n) is 17.8. The van der Waals surface area contributed by atoms with Crippen LogP contribution in [0.4, 0.5) is 10.5 Å². The molecule has 162 valence electrons. The average molecular weight is 420 g/mol. The second-order valence-electron chi connectivity index (χ2n) is 8.40. The molecular formula is C25H29N3O3. The highest BCUT2D eigenvalue weighted by Crippen LogP contribution is 2.35. The molecule has 6 heteroatoms. The van der Waals surface area contributed by atoms with E-state index >= 15 is 0 Å². The Hall–Kier alpha value is -3.15. The van der Waals surface area contributed by atoms with Gasteiger partial charge in [-0.2, -0.15) is 0 Å². The zero-order chi connectivity index (χ0) is 21.7. The van der Waals surface area contributed by atoms with Crippen molar-refractivity contribution in [3.63, 3.8) is 0 Å². The van der Waals surface area contributed by atoms with E-state index in [9.17, 15) is 14.4 Å². The van der Waals surface area contributed by atoms with Crippen LogP contribution in [0.25, 0.3) is 0 Å². The van der Waals surface area contributed by atoms with Crippen LogP contribution in [0, 0.1) is 0 Å². The lowest BCUT2D eigenvalue weighted by Gasteiger charge is -2.24. The number of benzene rings is 2. The maximum absolute atomic E-state index is 13.1. The number of urea groups is 1. The molecule has 2 aromatic carbocycles. The van der Waals surface area contributed by atoms with Crippen molar-refractivity contribution in [2.75, 3.05) is 18.0 Å². The van der Waals surface area contributed by atoms with Gasteiger partial charge in [0, 0.05) is 25.2 Å². The van der Waals surface area contributed by atoms with Crippen molar-refractivity contribution < 1.29 is 14.4 Å². The second kappa shape index (κ2) is 9.33. The van der Waals surface area contributed by atoms with Crippen LogP contribution in [0.1, 0.15) is 44.1 Å². The van der Waals surface area contributed by atoms with Crippen molar-refractivity contribution in [2.24, 2.45) is 0 Å². The first-order valence-electron chi connectivity index (χ1n) is 11.1. The predicted octanol–water partition coefficient (Wildman–Crippen LogP) is 3.91. The fourth-order valence-corrected chi connectivity index (χ4v) is 4.61. The number of nitrogens with one attached hydrogen (secondary N) is 1. The van der Waals surface area contributed by atoms with Gasteiger partial charge in [0.15, 0.2) is 0 Å². The van der Waals surface area contributed by atoms with E-state index in [0.29, 0.717) is 25.8 Å². The predicted molar refractivity (Wildman–Crippen MR) is 120 cm³/mol. The third kappa shape index (κ3) is 4.63. The summed E-state index contributed by atoms with van der Waals surface area (Å²) in [7, 11) is 0. The van der Waals surface area contributed by atoms with E-state index in [1.165, 1.54) is 10.5 Å². The van der Waals surface area contributed by atoms with Crippen LogP contribution >= 0.6 is 0 Å². The van der Waals surface area contributed by atoms with Gasteiger partial charge in [0.25, 0.3) is 5.91 Å². The molecule has 1 spiro atoms. The Morgan fingerprint density at radius 3 is 2.29 bits per heavy atom. The molecule has 0 aromatic heterocycles. The molecule has 1 saturated carbocycles. The van der Waals surface area contributed by atoms with Gasteiger partial charge in [-0.1, -0.05) is 61.4 Å². The Bertz CT molecular complexity index is 924. The Balaban J connectivity index is 1.36. The van der Waals surface area contributed by atoms with E-state index in [0.717, 1.165) is 24.9 Å². The molecule has 1 saturated heterocycles. The highest BCUT2D eigenvalue weighted by molar-refractivity contribution is 6.07. The number of carbonyl (C=O) groups is 3. The van der Waals surface area contributed by atoms with E-state index in [1.807, 2.05) is 48.5 Å². The number of nitrogens with zero attached hydrogens (tertiary/aromatic N) is 2. The van der Waals surface area contributed by atoms with Gasteiger partial charge in [0.05, 0.1) is 0 Å². The molecule has 2 aromatic rings. The third-order valence-corrected chi connectivity index (χ3v) is 6.31. The van der Waals surface area contributed by atoms with Crippen molar-refractivity contribution in [1.82, 2.24) is 10.2 Å². The number of anilines is 1. The zero-order valence-corrected chi connectivity index (χ0v) is 17.8. The smallest absolute Gasteiger partial charge is 0.323 e. The number of hydrogen-bond donors (Lipinski definition) is 1. The monoisotopic (exact) mass is 419 g/mol. The number of imide groups is 1. The Kier molecular flexibility index (Phi) is 6.35. The third-order valence-electron chi connectivity index (χ3n) is 6.31. The van der Waals surface area contributed by atoms with Crippen molar-refractivity contribution in [3.05, 3.63) is 66.2 Å². The molecule has 31 heavy (non-hydrogen) atoms. The summed E-state index contributed by atoms with van der Waals surface area (Å²) in [6.45, 7) is 0.860. The lowest BCUT2D eigenvalue weighted by molar-refractivity contribution is -0.131. The first kappa shape index (κ1) is 21.1. The van der Waals surface area contributed by atoms with E-state index < -0.39 is 5.54 Å². The van der Waals surface area contributed by atoms with Crippen LogP contribution in [0.5, 0.6) is 0 Å². The highest BCUT2D eigenvalue weighted by atomic mass is 16.2. The fourth-order valence-electron chi connectivity index (χ4n) is 4.61. The second-order valence-corrected chi connectivity index (χ2v) is 8.40. The summed E-state index contributed by atoms with van der Waals surface area (Å²) in [5.74, 6) is -0.115. The summed E-state index contributed by atoms with van der Waals surface area (Å²) in [5, 5.41) is 2.90. The number of carbonyl (C=O) groups excluding carboxylic acids is 3. The maximum Gasteiger partial charge on any atom is 0.325 e. The summed E-state index contributed by atoms with van der Waals surface area (Å²) in [6.07, 6.45) is 4.87. The molecule has 2 fully saturated rings. The minimum absolute atomic E-state index is 0.00441. The number of rotatable bonds is 8. The molecule has 6 nitrogen and oxygen atoms in total. The molecule has 2 aliphatic rings. The van der Waals surface area contributed by atoms with Crippen molar-refractivity contribution in [2.45, 2.75) is 50.5 Å². The van der Waals surface area contributed by atoms with Gasteiger partial charge < -0.3 is 10.2 Å². The van der Waals surface area contributed by atoms with Crippen molar-refractivity contribution in [1.29, 1.82) is 0 Å². The Morgan fingerprint density at radius 1 is 0.968 bits per heavy atom. The van der Waals surface area contributed by atoms with Crippen LogP contribution in [-0.2, 0) is 16.0 Å². The molecule has 0 atom stereocenters. The molecule has 0 radical (unpaired) electrons. The van der Waals surface area contributed by atoms with E-state index in [-0.39, 0.29) is 30.8 Å². The molecule has 1 aliphatic heterocycles. The highest BCUT2D eigenvalue weighted by Gasteiger charge is 2.52. The lowest BCUT2D eigenvalue weighted by atomic mass is 9.98. The summed E-state index contributed by atoms with van der Waals surface area (Å²) < 4.78 is 0. The molecule has 1 N–H and O–H groups in total. The topological polar surface area (TPSA) is 69.7 Å². The molecule has 1 aliphatic carbocycles. The van der Waals surface area contributed by atoms with E-state index in [4.69, 9.17) is 0 Å². The number of amides is 4. The first-order chi connectivity index (χ1) is 15.1. The Labute approximate surface area is 183 Å². The molecule has 0 bridgehead atoms. The molecule has 4 rings (SSSR count). The maximum atomic E-state index is 13.1. The van der Waals surface area contributed by atoms with Crippen molar-refractivity contribution >= 4 is 23.5 Å². The molecule has 4 amide bonds. The summed E-state index contributed by atoms with van der Waals surface area (Å²) in [5.41, 5.74) is 1.35. The van der Waals surface area contributed by atoms with Crippen LogP contribution in [0.2, 0.25) is 0 Å². The molecular weight excluding hydrogens is 390 g/mol. The fraction of sp³-hybridized carbons (Fsp3) is 0.400. The van der Waals surface area contributed by atoms with Gasteiger partial charge >= 0.3 is 6.03 Å². The summed E-state index contributed by atoms with van der Waals surface area (Å²) in [4.78, 5) is 41.3. The van der Waals surface area contributed by atoms with Crippen molar-refractivity contribution in [3.8, 4) is 0 Å². The van der Waals surface area contributed by atoms with Crippen LogP contribution < -0.4 is 10.2 Å². The normalized spacial score (nSPS) is 17.2. The van der Waals surface area contributed by atoms with E-state index in [1.54, 1.807) is 4.90 Å². The standard InChI is InChI=1S/C25H29N3O3/c29-22(14-9-18-28-23(30)25(26-24(28)31)16-7-8-17-25)27(21-12-5-2-6-13-21)19-15-20-10-3-1-4-11-20/h1-6,10-13H,7-9,14-19H2,(H,26,31). The van der Waals surface area contributed by atoms with Gasteiger partial charge in [0.2, 0.25) is 5.91 Å². The van der Waals surface area contributed by atoms with Crippen LogP contribution in [0.3, 0.4) is 0 Å². The van der Waals surface area contributed by atoms with Gasteiger partial charge in [0.1, 0.15) is 5.54 Å². The average Bonchev–Trinajstić information content (AvgIpc) is 3.35. The molecule has 0 unspecified atom stereocenters. The van der Waals surface area contributed by atoms with Crippen LogP contribution in [0.15, 0.2) is 60.7 Å². The Morgan fingerprint density at radius 2 is 1.61 bits per heavy atom. The van der Waals surface area contributed by atoms with Gasteiger partial charge in [-0.05, 0) is 43.4 Å². The van der Waals surface area contributed by atoms with Gasteiger partial charge in [-0.15, -0.1) is 0 Å². The first-order valence-corrected chi connectivity index (χ1v) is 11.1. The number of hydrogen-bond acceptors (Lipinski definition) is 3. The summed E-state index contributed by atoms with van der Waals surface area (Å²) in [6, 6.07) is 19.4.